The molecule has 100 valence electrons. The van der Waals surface area contributed by atoms with Crippen LogP contribution < -0.4 is 5.73 Å². The lowest BCUT2D eigenvalue weighted by Crippen LogP contribution is -2.14. The van der Waals surface area contributed by atoms with E-state index >= 15 is 0 Å². The van der Waals surface area contributed by atoms with E-state index in [1.807, 2.05) is 0 Å². The third-order valence-corrected chi connectivity index (χ3v) is 4.43. The molecule has 0 aliphatic rings. The SMILES string of the molecule is NC(c1cc(Cl)c(Br)cc1F)c1ccc(Cl)cc1Cl. The molecular formula is C13H8BrCl3FN. The van der Waals surface area contributed by atoms with E-state index in [0.717, 1.165) is 0 Å². The molecule has 0 aromatic heterocycles. The molecule has 0 saturated heterocycles. The van der Waals surface area contributed by atoms with Crippen LogP contribution in [0.2, 0.25) is 15.1 Å². The van der Waals surface area contributed by atoms with E-state index < -0.39 is 11.9 Å². The zero-order valence-electron chi connectivity index (χ0n) is 9.43. The molecule has 19 heavy (non-hydrogen) atoms. The minimum absolute atomic E-state index is 0.275. The zero-order chi connectivity index (χ0) is 14.2. The van der Waals surface area contributed by atoms with E-state index in [1.54, 1.807) is 18.2 Å². The molecule has 2 rings (SSSR count). The fourth-order valence-electron chi connectivity index (χ4n) is 1.70. The molecule has 1 unspecified atom stereocenters. The Morgan fingerprint density at radius 3 is 2.32 bits per heavy atom. The Morgan fingerprint density at radius 1 is 1.00 bits per heavy atom. The van der Waals surface area contributed by atoms with E-state index in [1.165, 1.54) is 12.1 Å². The summed E-state index contributed by atoms with van der Waals surface area (Å²) < 4.78 is 14.4. The lowest BCUT2D eigenvalue weighted by molar-refractivity contribution is 0.599. The van der Waals surface area contributed by atoms with Crippen molar-refractivity contribution < 1.29 is 4.39 Å². The van der Waals surface area contributed by atoms with Crippen molar-refractivity contribution in [3.8, 4) is 0 Å². The predicted molar refractivity (Wildman–Crippen MR) is 81.6 cm³/mol. The van der Waals surface area contributed by atoms with Gasteiger partial charge in [-0.05, 0) is 45.8 Å². The lowest BCUT2D eigenvalue weighted by atomic mass is 9.99. The summed E-state index contributed by atoms with van der Waals surface area (Å²) in [5.74, 6) is -0.449. The van der Waals surface area contributed by atoms with Gasteiger partial charge in [0.2, 0.25) is 0 Å². The molecule has 0 fully saturated rings. The standard InChI is InChI=1S/C13H8BrCl3FN/c14-9-5-12(18)8(4-11(9)17)13(19)7-2-1-6(15)3-10(7)16/h1-5,13H,19H2. The first-order valence-electron chi connectivity index (χ1n) is 5.25. The van der Waals surface area contributed by atoms with Gasteiger partial charge in [-0.2, -0.15) is 0 Å². The Hall–Kier alpha value is -0.320. The number of halogens is 5. The summed E-state index contributed by atoms with van der Waals surface area (Å²) in [5.41, 5.74) is 6.91. The highest BCUT2D eigenvalue weighted by atomic mass is 79.9. The molecule has 2 N–H and O–H groups in total. The van der Waals surface area contributed by atoms with Gasteiger partial charge in [-0.25, -0.2) is 4.39 Å². The quantitative estimate of drug-likeness (QED) is 0.672. The van der Waals surface area contributed by atoms with Crippen LogP contribution in [-0.2, 0) is 0 Å². The summed E-state index contributed by atoms with van der Waals surface area (Å²) in [5, 5.41) is 1.27. The molecule has 0 bridgehead atoms. The molecule has 1 atom stereocenters. The molecule has 0 radical (unpaired) electrons. The number of hydrogen-bond donors (Lipinski definition) is 1. The third-order valence-electron chi connectivity index (χ3n) is 2.67. The first kappa shape index (κ1) is 15.1. The van der Waals surface area contributed by atoms with Crippen LogP contribution in [0.5, 0.6) is 0 Å². The minimum atomic E-state index is -0.713. The fourth-order valence-corrected chi connectivity index (χ4v) is 2.71. The molecule has 0 aliphatic heterocycles. The molecule has 6 heteroatoms. The van der Waals surface area contributed by atoms with Crippen LogP contribution in [0.4, 0.5) is 4.39 Å². The average molecular weight is 383 g/mol. The van der Waals surface area contributed by atoms with Gasteiger partial charge in [0.05, 0.1) is 11.1 Å². The molecule has 0 amide bonds. The molecule has 2 aromatic carbocycles. The Morgan fingerprint density at radius 2 is 1.68 bits per heavy atom. The van der Waals surface area contributed by atoms with Crippen molar-refractivity contribution in [2.24, 2.45) is 5.73 Å². The largest absolute Gasteiger partial charge is 0.320 e. The average Bonchev–Trinajstić information content (AvgIpc) is 2.33. The Kier molecular flexibility index (Phi) is 4.75. The zero-order valence-corrected chi connectivity index (χ0v) is 13.3. The van der Waals surface area contributed by atoms with Crippen LogP contribution in [0.15, 0.2) is 34.8 Å². The van der Waals surface area contributed by atoms with Crippen LogP contribution in [0.1, 0.15) is 17.2 Å². The molecule has 0 saturated carbocycles. The Labute approximate surface area is 133 Å². The maximum atomic E-state index is 13.9. The highest BCUT2D eigenvalue weighted by Gasteiger charge is 2.18. The summed E-state index contributed by atoms with van der Waals surface area (Å²) in [4.78, 5) is 0. The topological polar surface area (TPSA) is 26.0 Å². The second kappa shape index (κ2) is 5.98. The van der Waals surface area contributed by atoms with E-state index in [0.29, 0.717) is 25.1 Å². The van der Waals surface area contributed by atoms with E-state index in [2.05, 4.69) is 15.9 Å². The van der Waals surface area contributed by atoms with Crippen molar-refractivity contribution in [1.29, 1.82) is 0 Å². The van der Waals surface area contributed by atoms with E-state index in [4.69, 9.17) is 40.5 Å². The number of benzene rings is 2. The molecule has 0 spiro atoms. The fraction of sp³-hybridized carbons (Fsp3) is 0.0769. The summed E-state index contributed by atoms with van der Waals surface area (Å²) in [6.07, 6.45) is 0. The van der Waals surface area contributed by atoms with Crippen molar-refractivity contribution in [3.63, 3.8) is 0 Å². The maximum absolute atomic E-state index is 13.9. The second-order valence-electron chi connectivity index (χ2n) is 3.93. The highest BCUT2D eigenvalue weighted by Crippen LogP contribution is 2.33. The smallest absolute Gasteiger partial charge is 0.129 e. The van der Waals surface area contributed by atoms with Gasteiger partial charge in [0, 0.05) is 20.1 Å². The van der Waals surface area contributed by atoms with Gasteiger partial charge in [-0.15, -0.1) is 0 Å². The minimum Gasteiger partial charge on any atom is -0.320 e. The molecule has 1 nitrogen and oxygen atoms in total. The van der Waals surface area contributed by atoms with Crippen molar-refractivity contribution in [1.82, 2.24) is 0 Å². The van der Waals surface area contributed by atoms with Crippen LogP contribution in [0.25, 0.3) is 0 Å². The number of nitrogens with two attached hydrogens (primary N) is 1. The first-order valence-corrected chi connectivity index (χ1v) is 7.18. The van der Waals surface area contributed by atoms with E-state index in [9.17, 15) is 4.39 Å². The third kappa shape index (κ3) is 3.23. The van der Waals surface area contributed by atoms with Gasteiger partial charge >= 0.3 is 0 Å². The molecular weight excluding hydrogens is 375 g/mol. The van der Waals surface area contributed by atoms with Crippen LogP contribution in [-0.4, -0.2) is 0 Å². The van der Waals surface area contributed by atoms with E-state index in [-0.39, 0.29) is 5.56 Å². The summed E-state index contributed by atoms with van der Waals surface area (Å²) in [6, 6.07) is 6.94. The van der Waals surface area contributed by atoms with Crippen LogP contribution in [0.3, 0.4) is 0 Å². The predicted octanol–water partition coefficient (Wildman–Crippen LogP) is 5.60. The highest BCUT2D eigenvalue weighted by molar-refractivity contribution is 9.10. The number of hydrogen-bond acceptors (Lipinski definition) is 1. The Bertz CT molecular complexity index is 634. The maximum Gasteiger partial charge on any atom is 0.129 e. The van der Waals surface area contributed by atoms with Gasteiger partial charge in [0.25, 0.3) is 0 Å². The number of rotatable bonds is 2. The molecule has 2 aromatic rings. The van der Waals surface area contributed by atoms with Gasteiger partial charge in [0.15, 0.2) is 0 Å². The molecule has 0 heterocycles. The van der Waals surface area contributed by atoms with Gasteiger partial charge < -0.3 is 5.73 Å². The monoisotopic (exact) mass is 381 g/mol. The molecule has 0 aliphatic carbocycles. The summed E-state index contributed by atoms with van der Waals surface area (Å²) >= 11 is 21.0. The summed E-state index contributed by atoms with van der Waals surface area (Å²) in [7, 11) is 0. The normalized spacial score (nSPS) is 12.5. The van der Waals surface area contributed by atoms with Crippen molar-refractivity contribution in [3.05, 3.63) is 66.8 Å². The van der Waals surface area contributed by atoms with Crippen molar-refractivity contribution >= 4 is 50.7 Å². The second-order valence-corrected chi connectivity index (χ2v) is 6.04. The summed E-state index contributed by atoms with van der Waals surface area (Å²) in [6.45, 7) is 0. The lowest BCUT2D eigenvalue weighted by Gasteiger charge is -2.16. The van der Waals surface area contributed by atoms with Crippen molar-refractivity contribution in [2.45, 2.75) is 6.04 Å². The van der Waals surface area contributed by atoms with Crippen LogP contribution >= 0.6 is 50.7 Å². The first-order chi connectivity index (χ1) is 8.90. The van der Waals surface area contributed by atoms with Gasteiger partial charge in [0.1, 0.15) is 5.82 Å². The van der Waals surface area contributed by atoms with Gasteiger partial charge in [-0.1, -0.05) is 40.9 Å². The Balaban J connectivity index is 2.49. The van der Waals surface area contributed by atoms with Gasteiger partial charge in [-0.3, -0.25) is 0 Å². The van der Waals surface area contributed by atoms with Crippen LogP contribution in [0, 0.1) is 5.82 Å². The van der Waals surface area contributed by atoms with Crippen molar-refractivity contribution in [2.75, 3.05) is 0 Å².